The predicted octanol–water partition coefficient (Wildman–Crippen LogP) is 2.19. The highest BCUT2D eigenvalue weighted by Crippen LogP contribution is 2.20. The molecule has 104 valence electrons. The van der Waals surface area contributed by atoms with Gasteiger partial charge in [0.05, 0.1) is 16.6 Å². The number of carbonyl (C=O) groups is 2. The number of likely N-dealkylation sites (N-methyl/N-ethyl adjacent to an activating group) is 1. The molecule has 0 saturated carbocycles. The molecule has 0 unspecified atom stereocenters. The monoisotopic (exact) mass is 330 g/mol. The van der Waals surface area contributed by atoms with Crippen LogP contribution in [0.25, 0.3) is 0 Å². The first-order valence-electron chi connectivity index (χ1n) is 5.95. The summed E-state index contributed by atoms with van der Waals surface area (Å²) in [5.74, 6) is -1.37. The molecule has 0 radical (unpaired) electrons. The van der Waals surface area contributed by atoms with Gasteiger partial charge in [0.25, 0.3) is 5.91 Å². The average molecular weight is 331 g/mol. The van der Waals surface area contributed by atoms with E-state index >= 15 is 0 Å². The molecule has 1 aromatic rings. The summed E-state index contributed by atoms with van der Waals surface area (Å²) in [4.78, 5) is 25.0. The van der Waals surface area contributed by atoms with E-state index in [0.29, 0.717) is 13.0 Å². The van der Waals surface area contributed by atoms with E-state index in [1.807, 2.05) is 6.92 Å². The normalized spacial score (nSPS) is 10.1. The van der Waals surface area contributed by atoms with Gasteiger partial charge in [-0.25, -0.2) is 4.39 Å². The SMILES string of the molecule is CCCN(CC(=O)NC)C(=O)c1cccc(Br)c1F. The van der Waals surface area contributed by atoms with E-state index in [-0.39, 0.29) is 22.5 Å². The molecule has 0 fully saturated rings. The third-order valence-electron chi connectivity index (χ3n) is 2.58. The van der Waals surface area contributed by atoms with Crippen LogP contribution in [-0.4, -0.2) is 36.9 Å². The lowest BCUT2D eigenvalue weighted by Crippen LogP contribution is -2.40. The number of hydrogen-bond acceptors (Lipinski definition) is 2. The van der Waals surface area contributed by atoms with E-state index in [2.05, 4.69) is 21.2 Å². The van der Waals surface area contributed by atoms with Crippen molar-refractivity contribution in [1.29, 1.82) is 0 Å². The minimum Gasteiger partial charge on any atom is -0.358 e. The number of rotatable bonds is 5. The third kappa shape index (κ3) is 4.02. The number of nitrogens with zero attached hydrogens (tertiary/aromatic N) is 1. The third-order valence-corrected chi connectivity index (χ3v) is 3.19. The van der Waals surface area contributed by atoms with Crippen LogP contribution in [0.15, 0.2) is 22.7 Å². The molecule has 4 nitrogen and oxygen atoms in total. The van der Waals surface area contributed by atoms with Crippen molar-refractivity contribution in [3.8, 4) is 0 Å². The molecule has 0 atom stereocenters. The Hall–Kier alpha value is -1.43. The summed E-state index contributed by atoms with van der Waals surface area (Å²) in [6.45, 7) is 2.22. The van der Waals surface area contributed by atoms with Crippen LogP contribution in [-0.2, 0) is 4.79 Å². The van der Waals surface area contributed by atoms with Crippen LogP contribution in [0.1, 0.15) is 23.7 Å². The van der Waals surface area contributed by atoms with Crippen LogP contribution < -0.4 is 5.32 Å². The van der Waals surface area contributed by atoms with E-state index in [4.69, 9.17) is 0 Å². The summed E-state index contributed by atoms with van der Waals surface area (Å²) < 4.78 is 14.1. The van der Waals surface area contributed by atoms with Gasteiger partial charge in [-0.3, -0.25) is 9.59 Å². The van der Waals surface area contributed by atoms with E-state index < -0.39 is 11.7 Å². The topological polar surface area (TPSA) is 49.4 Å². The molecule has 0 spiro atoms. The lowest BCUT2D eigenvalue weighted by atomic mass is 10.2. The van der Waals surface area contributed by atoms with E-state index in [0.717, 1.165) is 0 Å². The predicted molar refractivity (Wildman–Crippen MR) is 74.4 cm³/mol. The Bertz CT molecular complexity index is 480. The summed E-state index contributed by atoms with van der Waals surface area (Å²) in [5.41, 5.74) is -0.0354. The number of hydrogen-bond donors (Lipinski definition) is 1. The van der Waals surface area contributed by atoms with Crippen LogP contribution in [0, 0.1) is 5.82 Å². The molecule has 1 N–H and O–H groups in total. The highest BCUT2D eigenvalue weighted by atomic mass is 79.9. The number of amides is 2. The first-order valence-corrected chi connectivity index (χ1v) is 6.74. The molecule has 0 aliphatic carbocycles. The zero-order chi connectivity index (χ0) is 14.4. The number of carbonyl (C=O) groups excluding carboxylic acids is 2. The molecule has 0 bridgehead atoms. The van der Waals surface area contributed by atoms with Crippen LogP contribution >= 0.6 is 15.9 Å². The summed E-state index contributed by atoms with van der Waals surface area (Å²) in [6.07, 6.45) is 0.693. The molecule has 0 aliphatic heterocycles. The quantitative estimate of drug-likeness (QED) is 0.899. The Morgan fingerprint density at radius 2 is 2.11 bits per heavy atom. The van der Waals surface area contributed by atoms with Gasteiger partial charge in [0.15, 0.2) is 0 Å². The second kappa shape index (κ2) is 7.23. The van der Waals surface area contributed by atoms with E-state index in [1.165, 1.54) is 24.1 Å². The number of halogens is 2. The maximum atomic E-state index is 13.9. The highest BCUT2D eigenvalue weighted by molar-refractivity contribution is 9.10. The lowest BCUT2D eigenvalue weighted by molar-refractivity contribution is -0.121. The summed E-state index contributed by atoms with van der Waals surface area (Å²) in [7, 11) is 1.50. The first kappa shape index (κ1) is 15.6. The number of benzene rings is 1. The summed E-state index contributed by atoms with van der Waals surface area (Å²) >= 11 is 3.04. The summed E-state index contributed by atoms with van der Waals surface area (Å²) in [5, 5.41) is 2.45. The first-order chi connectivity index (χ1) is 9.01. The summed E-state index contributed by atoms with van der Waals surface area (Å²) in [6, 6.07) is 4.52. The standard InChI is InChI=1S/C13H16BrFN2O2/c1-3-7-17(8-11(18)16-2)13(19)9-5-4-6-10(14)12(9)15/h4-6H,3,7-8H2,1-2H3,(H,16,18). The van der Waals surface area contributed by atoms with Gasteiger partial charge < -0.3 is 10.2 Å². The van der Waals surface area contributed by atoms with Gasteiger partial charge in [0.1, 0.15) is 5.82 Å². The van der Waals surface area contributed by atoms with Gasteiger partial charge in [-0.1, -0.05) is 13.0 Å². The molecular formula is C13H16BrFN2O2. The van der Waals surface area contributed by atoms with Gasteiger partial charge in [-0.15, -0.1) is 0 Å². The maximum absolute atomic E-state index is 13.9. The van der Waals surface area contributed by atoms with E-state index in [9.17, 15) is 14.0 Å². The number of nitrogens with one attached hydrogen (secondary N) is 1. The Morgan fingerprint density at radius 1 is 1.42 bits per heavy atom. The second-order valence-electron chi connectivity index (χ2n) is 4.00. The molecule has 2 amide bonds. The van der Waals surface area contributed by atoms with Crippen LogP contribution in [0.5, 0.6) is 0 Å². The molecule has 0 aromatic heterocycles. The van der Waals surface area contributed by atoms with Crippen molar-refractivity contribution in [2.24, 2.45) is 0 Å². The lowest BCUT2D eigenvalue weighted by Gasteiger charge is -2.21. The smallest absolute Gasteiger partial charge is 0.257 e. The fourth-order valence-electron chi connectivity index (χ4n) is 1.61. The zero-order valence-electron chi connectivity index (χ0n) is 10.9. The molecule has 6 heteroatoms. The Kier molecular flexibility index (Phi) is 5.95. The molecule has 1 rings (SSSR count). The molecular weight excluding hydrogens is 315 g/mol. The van der Waals surface area contributed by atoms with Gasteiger partial charge in [0.2, 0.25) is 5.91 Å². The second-order valence-corrected chi connectivity index (χ2v) is 4.86. The largest absolute Gasteiger partial charge is 0.358 e. The fourth-order valence-corrected chi connectivity index (χ4v) is 1.98. The van der Waals surface area contributed by atoms with Gasteiger partial charge in [-0.2, -0.15) is 0 Å². The Balaban J connectivity index is 2.98. The van der Waals surface area contributed by atoms with Crippen molar-refractivity contribution in [3.63, 3.8) is 0 Å². The van der Waals surface area contributed by atoms with Crippen molar-refractivity contribution in [3.05, 3.63) is 34.1 Å². The molecule has 19 heavy (non-hydrogen) atoms. The van der Waals surface area contributed by atoms with E-state index in [1.54, 1.807) is 6.07 Å². The van der Waals surface area contributed by atoms with Crippen LogP contribution in [0.3, 0.4) is 0 Å². The highest BCUT2D eigenvalue weighted by Gasteiger charge is 2.21. The van der Waals surface area contributed by atoms with Crippen molar-refractivity contribution in [2.75, 3.05) is 20.1 Å². The van der Waals surface area contributed by atoms with Crippen LogP contribution in [0.4, 0.5) is 4.39 Å². The maximum Gasteiger partial charge on any atom is 0.257 e. The fraction of sp³-hybridized carbons (Fsp3) is 0.385. The van der Waals surface area contributed by atoms with Gasteiger partial charge >= 0.3 is 0 Å². The average Bonchev–Trinajstić information content (AvgIpc) is 2.40. The molecule has 1 aromatic carbocycles. The molecule has 0 aliphatic rings. The molecule has 0 heterocycles. The van der Waals surface area contributed by atoms with Crippen molar-refractivity contribution >= 4 is 27.7 Å². The van der Waals surface area contributed by atoms with Crippen molar-refractivity contribution < 1.29 is 14.0 Å². The zero-order valence-corrected chi connectivity index (χ0v) is 12.5. The minimum absolute atomic E-state index is 0.0354. The Morgan fingerprint density at radius 3 is 2.68 bits per heavy atom. The minimum atomic E-state index is -0.606. The van der Waals surface area contributed by atoms with Crippen LogP contribution in [0.2, 0.25) is 0 Å². The van der Waals surface area contributed by atoms with Crippen molar-refractivity contribution in [1.82, 2.24) is 10.2 Å². The molecule has 0 saturated heterocycles. The van der Waals surface area contributed by atoms with Gasteiger partial charge in [-0.05, 0) is 34.5 Å². The Labute approximate surface area is 120 Å². The van der Waals surface area contributed by atoms with Gasteiger partial charge in [0, 0.05) is 13.6 Å². The van der Waals surface area contributed by atoms with Crippen molar-refractivity contribution in [2.45, 2.75) is 13.3 Å².